The first-order chi connectivity index (χ1) is 11.9. The van der Waals surface area contributed by atoms with Gasteiger partial charge in [0.1, 0.15) is 0 Å². The first-order valence-electron chi connectivity index (χ1n) is 11.0. The van der Waals surface area contributed by atoms with Crippen molar-refractivity contribution in [1.29, 1.82) is 0 Å². The summed E-state index contributed by atoms with van der Waals surface area (Å²) >= 11 is 0. The van der Waals surface area contributed by atoms with Gasteiger partial charge in [-0.05, 0) is 82.6 Å². The van der Waals surface area contributed by atoms with Crippen molar-refractivity contribution in [2.75, 3.05) is 46.3 Å². The first kappa shape index (κ1) is 22.9. The zero-order valence-corrected chi connectivity index (χ0v) is 18.5. The summed E-state index contributed by atoms with van der Waals surface area (Å²) in [7, 11) is 2.22. The number of hydrogen-bond acceptors (Lipinski definition) is 3. The second-order valence-electron chi connectivity index (χ2n) is 9.03. The maximum Gasteiger partial charge on any atom is 0.0116 e. The maximum absolute atomic E-state index is 3.37. The number of hydrogen-bond donors (Lipinski definition) is 1. The quantitative estimate of drug-likeness (QED) is 0.778. The van der Waals surface area contributed by atoms with Gasteiger partial charge in [-0.2, -0.15) is 0 Å². The first-order valence-corrected chi connectivity index (χ1v) is 11.0. The van der Waals surface area contributed by atoms with Crippen LogP contribution in [0, 0.1) is 10.8 Å². The molecule has 1 N–H and O–H groups in total. The van der Waals surface area contributed by atoms with Crippen LogP contribution in [-0.2, 0) is 0 Å². The number of nitrogens with one attached hydrogen (secondary N) is 1. The normalized spacial score (nSPS) is 25.0. The summed E-state index contributed by atoms with van der Waals surface area (Å²) in [6, 6.07) is 0.839. The molecule has 25 heavy (non-hydrogen) atoms. The molecule has 0 radical (unpaired) electrons. The molecule has 0 atom stereocenters. The molecule has 3 rings (SSSR count). The maximum atomic E-state index is 3.37. The molecular weight excluding hydrogens is 306 g/mol. The van der Waals surface area contributed by atoms with E-state index in [0.29, 0.717) is 5.41 Å². The van der Waals surface area contributed by atoms with Crippen molar-refractivity contribution in [3.05, 3.63) is 0 Å². The van der Waals surface area contributed by atoms with Crippen molar-refractivity contribution in [2.24, 2.45) is 10.8 Å². The van der Waals surface area contributed by atoms with Gasteiger partial charge in [0.15, 0.2) is 0 Å². The van der Waals surface area contributed by atoms with Crippen LogP contribution in [-0.4, -0.2) is 62.2 Å². The summed E-state index contributed by atoms with van der Waals surface area (Å²) in [5.74, 6) is 0. The molecular formula is C22H47N3. The van der Waals surface area contributed by atoms with Crippen LogP contribution in [0.4, 0.5) is 0 Å². The van der Waals surface area contributed by atoms with Crippen molar-refractivity contribution in [3.8, 4) is 0 Å². The van der Waals surface area contributed by atoms with Gasteiger partial charge in [-0.1, -0.05) is 41.5 Å². The minimum Gasteiger partial charge on any atom is -0.317 e. The molecule has 0 amide bonds. The van der Waals surface area contributed by atoms with Gasteiger partial charge in [-0.3, -0.25) is 0 Å². The Morgan fingerprint density at radius 2 is 1.64 bits per heavy atom. The monoisotopic (exact) mass is 353 g/mol. The summed E-state index contributed by atoms with van der Waals surface area (Å²) in [6.07, 6.45) is 8.41. The summed E-state index contributed by atoms with van der Waals surface area (Å²) in [5, 5.41) is 3.37. The highest BCUT2D eigenvalue weighted by atomic mass is 15.2. The van der Waals surface area contributed by atoms with Gasteiger partial charge in [0.2, 0.25) is 0 Å². The molecule has 0 aromatic heterocycles. The van der Waals surface area contributed by atoms with E-state index in [0.717, 1.165) is 11.5 Å². The fourth-order valence-corrected chi connectivity index (χ4v) is 4.14. The summed E-state index contributed by atoms with van der Waals surface area (Å²) < 4.78 is 0. The molecule has 2 aliphatic heterocycles. The van der Waals surface area contributed by atoms with Crippen molar-refractivity contribution in [3.63, 3.8) is 0 Å². The van der Waals surface area contributed by atoms with Crippen LogP contribution in [0.1, 0.15) is 80.1 Å². The smallest absolute Gasteiger partial charge is 0.0116 e. The van der Waals surface area contributed by atoms with E-state index in [9.17, 15) is 0 Å². The van der Waals surface area contributed by atoms with Gasteiger partial charge in [0.05, 0.1) is 0 Å². The average molecular weight is 354 g/mol. The van der Waals surface area contributed by atoms with Crippen LogP contribution >= 0.6 is 0 Å². The zero-order valence-electron chi connectivity index (χ0n) is 18.5. The third-order valence-electron chi connectivity index (χ3n) is 6.45. The van der Waals surface area contributed by atoms with E-state index in [1.807, 2.05) is 13.8 Å². The fourth-order valence-electron chi connectivity index (χ4n) is 4.14. The lowest BCUT2D eigenvalue weighted by Gasteiger charge is -2.30. The minimum atomic E-state index is 0.587. The van der Waals surface area contributed by atoms with E-state index in [1.54, 1.807) is 0 Å². The van der Waals surface area contributed by atoms with E-state index in [2.05, 4.69) is 49.9 Å². The van der Waals surface area contributed by atoms with E-state index >= 15 is 0 Å². The van der Waals surface area contributed by atoms with Gasteiger partial charge >= 0.3 is 0 Å². The molecule has 0 unspecified atom stereocenters. The highest BCUT2D eigenvalue weighted by Gasteiger charge is 2.43. The van der Waals surface area contributed by atoms with E-state index in [-0.39, 0.29) is 0 Å². The second kappa shape index (κ2) is 10.9. The summed E-state index contributed by atoms with van der Waals surface area (Å²) in [6.45, 7) is 21.0. The molecule has 3 fully saturated rings. The van der Waals surface area contributed by atoms with Gasteiger partial charge in [-0.15, -0.1) is 0 Å². The van der Waals surface area contributed by atoms with E-state index in [1.165, 1.54) is 77.8 Å². The Hall–Kier alpha value is -0.120. The standard InChI is InChI=1S/C12H23N.C8H18N2.C2H6/c1-4-12(5-6-12)10-13-8-7-11(2,3)9-13;1-3-10(2)8-4-6-9-7-5-8;1-2/h4-10H2,1-3H3;8-9H,3-7H2,1-2H3;1-2H3. The van der Waals surface area contributed by atoms with Gasteiger partial charge in [0, 0.05) is 19.1 Å². The van der Waals surface area contributed by atoms with Gasteiger partial charge in [0.25, 0.3) is 0 Å². The zero-order chi connectivity index (χ0) is 18.9. The Morgan fingerprint density at radius 1 is 1.04 bits per heavy atom. The largest absolute Gasteiger partial charge is 0.317 e. The predicted molar refractivity (Wildman–Crippen MR) is 112 cm³/mol. The van der Waals surface area contributed by atoms with Gasteiger partial charge < -0.3 is 15.1 Å². The molecule has 2 saturated heterocycles. The number of likely N-dealkylation sites (tertiary alicyclic amines) is 1. The minimum absolute atomic E-state index is 0.587. The highest BCUT2D eigenvalue weighted by Crippen LogP contribution is 2.50. The summed E-state index contributed by atoms with van der Waals surface area (Å²) in [4.78, 5) is 5.14. The Bertz CT molecular complexity index is 343. The van der Waals surface area contributed by atoms with E-state index in [4.69, 9.17) is 0 Å². The topological polar surface area (TPSA) is 18.5 Å². The number of rotatable bonds is 5. The SMILES string of the molecule is CC.CCC1(CN2CCC(C)(C)C2)CC1.CCN(C)C1CCNCC1. The average Bonchev–Trinajstić information content (AvgIpc) is 3.33. The fraction of sp³-hybridized carbons (Fsp3) is 1.00. The van der Waals surface area contributed by atoms with Crippen molar-refractivity contribution in [1.82, 2.24) is 15.1 Å². The Kier molecular flexibility index (Phi) is 9.98. The molecule has 0 aromatic carbocycles. The molecule has 0 aromatic rings. The van der Waals surface area contributed by atoms with Gasteiger partial charge in [-0.25, -0.2) is 0 Å². The van der Waals surface area contributed by atoms with E-state index < -0.39 is 0 Å². The third-order valence-corrected chi connectivity index (χ3v) is 6.45. The van der Waals surface area contributed by atoms with Crippen LogP contribution in [0.25, 0.3) is 0 Å². The molecule has 2 heterocycles. The molecule has 0 bridgehead atoms. The number of nitrogens with zero attached hydrogens (tertiary/aromatic N) is 2. The molecule has 3 heteroatoms. The predicted octanol–water partition coefficient (Wildman–Crippen LogP) is 4.62. The lowest BCUT2D eigenvalue weighted by atomic mass is 9.93. The van der Waals surface area contributed by atoms with Crippen LogP contribution in [0.15, 0.2) is 0 Å². The van der Waals surface area contributed by atoms with Crippen molar-refractivity contribution in [2.45, 2.75) is 86.1 Å². The molecule has 1 saturated carbocycles. The molecule has 0 spiro atoms. The van der Waals surface area contributed by atoms with Crippen LogP contribution in [0.3, 0.4) is 0 Å². The number of piperidine rings is 1. The Labute approximate surface area is 158 Å². The third kappa shape index (κ3) is 7.97. The van der Waals surface area contributed by atoms with Crippen LogP contribution in [0.2, 0.25) is 0 Å². The lowest BCUT2D eigenvalue weighted by Crippen LogP contribution is -2.40. The van der Waals surface area contributed by atoms with Crippen molar-refractivity contribution >= 4 is 0 Å². The van der Waals surface area contributed by atoms with Crippen LogP contribution < -0.4 is 5.32 Å². The molecule has 3 nitrogen and oxygen atoms in total. The molecule has 150 valence electrons. The molecule has 1 aliphatic carbocycles. The lowest BCUT2D eigenvalue weighted by molar-refractivity contribution is 0.208. The van der Waals surface area contributed by atoms with Crippen LogP contribution in [0.5, 0.6) is 0 Å². The molecule has 3 aliphatic rings. The Balaban J connectivity index is 0.000000235. The summed E-state index contributed by atoms with van der Waals surface area (Å²) in [5.41, 5.74) is 1.34. The highest BCUT2D eigenvalue weighted by molar-refractivity contribution is 4.96. The van der Waals surface area contributed by atoms with Crippen molar-refractivity contribution < 1.29 is 0 Å². The Morgan fingerprint density at radius 3 is 2.04 bits per heavy atom. The second-order valence-corrected chi connectivity index (χ2v) is 9.03.